The molecule has 16 heavy (non-hydrogen) atoms. The van der Waals surface area contributed by atoms with Gasteiger partial charge in [0, 0.05) is 12.1 Å². The highest BCUT2D eigenvalue weighted by molar-refractivity contribution is 4.97. The summed E-state index contributed by atoms with van der Waals surface area (Å²) in [6, 6.07) is 0. The van der Waals surface area contributed by atoms with Gasteiger partial charge in [-0.2, -0.15) is 0 Å². The van der Waals surface area contributed by atoms with Crippen molar-refractivity contribution in [3.63, 3.8) is 0 Å². The van der Waals surface area contributed by atoms with Crippen LogP contribution >= 0.6 is 0 Å². The molecule has 0 spiro atoms. The molecule has 2 rings (SSSR count). The highest BCUT2D eigenvalue weighted by atomic mass is 16.5. The molecule has 0 aromatic heterocycles. The Labute approximate surface area is 98.6 Å². The molecule has 2 unspecified atom stereocenters. The minimum atomic E-state index is -0.0248. The minimum Gasteiger partial charge on any atom is -0.394 e. The van der Waals surface area contributed by atoms with Crippen LogP contribution < -0.4 is 5.32 Å². The second-order valence-corrected chi connectivity index (χ2v) is 5.37. The lowest BCUT2D eigenvalue weighted by Gasteiger charge is -2.34. The van der Waals surface area contributed by atoms with Crippen molar-refractivity contribution >= 4 is 0 Å². The summed E-state index contributed by atoms with van der Waals surface area (Å²) in [7, 11) is 1.97. The third-order valence-corrected chi connectivity index (χ3v) is 4.61. The Bertz CT molecular complexity index is 212. The van der Waals surface area contributed by atoms with Crippen molar-refractivity contribution in [2.24, 2.45) is 5.92 Å². The Hall–Kier alpha value is -0.120. The van der Waals surface area contributed by atoms with Crippen LogP contribution in [0.1, 0.15) is 44.9 Å². The molecule has 2 fully saturated rings. The number of ether oxygens (including phenoxy) is 1. The second kappa shape index (κ2) is 5.48. The Balaban J connectivity index is 1.74. The minimum absolute atomic E-state index is 0.0248. The monoisotopic (exact) mass is 227 g/mol. The van der Waals surface area contributed by atoms with E-state index in [0.29, 0.717) is 12.0 Å². The molecule has 0 bridgehead atoms. The first-order chi connectivity index (χ1) is 7.80. The molecule has 0 heterocycles. The molecular weight excluding hydrogens is 202 g/mol. The zero-order valence-electron chi connectivity index (χ0n) is 10.4. The van der Waals surface area contributed by atoms with Crippen LogP contribution in [-0.2, 0) is 4.74 Å². The number of aliphatic hydroxyl groups excluding tert-OH is 1. The largest absolute Gasteiger partial charge is 0.394 e. The molecule has 0 amide bonds. The molecule has 0 saturated heterocycles. The maximum Gasteiger partial charge on any atom is 0.0615 e. The second-order valence-electron chi connectivity index (χ2n) is 5.37. The first kappa shape index (κ1) is 12.3. The molecular formula is C13H25NO2. The van der Waals surface area contributed by atoms with E-state index >= 15 is 0 Å². The van der Waals surface area contributed by atoms with Crippen LogP contribution in [0.2, 0.25) is 0 Å². The van der Waals surface area contributed by atoms with Gasteiger partial charge in [0.15, 0.2) is 0 Å². The topological polar surface area (TPSA) is 41.5 Å². The van der Waals surface area contributed by atoms with Crippen molar-refractivity contribution in [3.05, 3.63) is 0 Å². The Morgan fingerprint density at radius 3 is 2.69 bits per heavy atom. The van der Waals surface area contributed by atoms with E-state index in [4.69, 9.17) is 4.74 Å². The van der Waals surface area contributed by atoms with E-state index < -0.39 is 0 Å². The van der Waals surface area contributed by atoms with Gasteiger partial charge in [-0.1, -0.05) is 6.42 Å². The van der Waals surface area contributed by atoms with E-state index in [1.807, 2.05) is 7.05 Å². The van der Waals surface area contributed by atoms with E-state index in [-0.39, 0.29) is 12.1 Å². The number of aliphatic hydroxyl groups is 1. The third kappa shape index (κ3) is 2.41. The first-order valence-corrected chi connectivity index (χ1v) is 6.72. The Morgan fingerprint density at radius 1 is 1.31 bits per heavy atom. The van der Waals surface area contributed by atoms with Crippen molar-refractivity contribution in [3.8, 4) is 0 Å². The van der Waals surface area contributed by atoms with Gasteiger partial charge >= 0.3 is 0 Å². The van der Waals surface area contributed by atoms with E-state index in [1.54, 1.807) is 0 Å². The fourth-order valence-electron chi connectivity index (χ4n) is 3.10. The van der Waals surface area contributed by atoms with Crippen LogP contribution in [-0.4, -0.2) is 37.0 Å². The molecule has 0 aliphatic heterocycles. The molecule has 3 nitrogen and oxygen atoms in total. The van der Waals surface area contributed by atoms with Crippen molar-refractivity contribution < 1.29 is 9.84 Å². The van der Waals surface area contributed by atoms with Crippen LogP contribution in [0, 0.1) is 5.92 Å². The van der Waals surface area contributed by atoms with Crippen LogP contribution in [0.3, 0.4) is 0 Å². The van der Waals surface area contributed by atoms with Gasteiger partial charge in [-0.3, -0.25) is 0 Å². The summed E-state index contributed by atoms with van der Waals surface area (Å²) in [5.41, 5.74) is -0.0248. The van der Waals surface area contributed by atoms with Crippen molar-refractivity contribution in [2.75, 3.05) is 20.3 Å². The normalized spacial score (nSPS) is 35.2. The van der Waals surface area contributed by atoms with Gasteiger partial charge < -0.3 is 15.2 Å². The van der Waals surface area contributed by atoms with Crippen molar-refractivity contribution in [1.82, 2.24) is 5.32 Å². The van der Waals surface area contributed by atoms with Crippen LogP contribution in [0.5, 0.6) is 0 Å². The van der Waals surface area contributed by atoms with E-state index in [9.17, 15) is 5.11 Å². The average molecular weight is 227 g/mol. The molecule has 2 N–H and O–H groups in total. The summed E-state index contributed by atoms with van der Waals surface area (Å²) in [5, 5.41) is 12.9. The van der Waals surface area contributed by atoms with E-state index in [0.717, 1.165) is 19.4 Å². The van der Waals surface area contributed by atoms with Crippen LogP contribution in [0.4, 0.5) is 0 Å². The number of nitrogens with one attached hydrogen (secondary N) is 1. The Kier molecular flexibility index (Phi) is 4.22. The number of rotatable bonds is 6. The summed E-state index contributed by atoms with van der Waals surface area (Å²) in [6.07, 6.45) is 9.05. The lowest BCUT2D eigenvalue weighted by atomic mass is 9.85. The Morgan fingerprint density at radius 2 is 2.12 bits per heavy atom. The summed E-state index contributed by atoms with van der Waals surface area (Å²) in [6.45, 7) is 1.14. The van der Waals surface area contributed by atoms with Crippen LogP contribution in [0.15, 0.2) is 0 Å². The maximum absolute atomic E-state index is 9.55. The predicted molar refractivity (Wildman–Crippen MR) is 64.4 cm³/mol. The summed E-state index contributed by atoms with van der Waals surface area (Å²) < 4.78 is 5.81. The fourth-order valence-corrected chi connectivity index (χ4v) is 3.10. The van der Waals surface area contributed by atoms with Gasteiger partial charge in [-0.25, -0.2) is 0 Å². The lowest BCUT2D eigenvalue weighted by Crippen LogP contribution is -2.49. The van der Waals surface area contributed by atoms with Crippen LogP contribution in [0.25, 0.3) is 0 Å². The molecule has 2 aliphatic rings. The summed E-state index contributed by atoms with van der Waals surface area (Å²) >= 11 is 0. The van der Waals surface area contributed by atoms with Gasteiger partial charge in [-0.15, -0.1) is 0 Å². The molecule has 2 aliphatic carbocycles. The summed E-state index contributed by atoms with van der Waals surface area (Å²) in [4.78, 5) is 0. The average Bonchev–Trinajstić information content (AvgIpc) is 2.65. The standard InChI is InChI=1S/C13H25NO2/c1-14-13(10-15)8-3-4-11(13)7-9-16-12-5-2-6-12/h11-12,14-15H,2-10H2,1H3. The smallest absolute Gasteiger partial charge is 0.0615 e. The maximum atomic E-state index is 9.55. The summed E-state index contributed by atoms with van der Waals surface area (Å²) in [5.74, 6) is 0.586. The molecule has 0 aromatic rings. The van der Waals surface area contributed by atoms with Gasteiger partial charge in [0.2, 0.25) is 0 Å². The van der Waals surface area contributed by atoms with Gasteiger partial charge in [-0.05, 0) is 51.5 Å². The fraction of sp³-hybridized carbons (Fsp3) is 1.00. The molecule has 0 aromatic carbocycles. The predicted octanol–water partition coefficient (Wildman–Crippen LogP) is 1.70. The molecule has 2 saturated carbocycles. The zero-order chi connectivity index (χ0) is 11.4. The van der Waals surface area contributed by atoms with Gasteiger partial charge in [0.05, 0.1) is 12.7 Å². The highest BCUT2D eigenvalue weighted by Gasteiger charge is 2.40. The highest BCUT2D eigenvalue weighted by Crippen LogP contribution is 2.37. The van der Waals surface area contributed by atoms with E-state index in [2.05, 4.69) is 5.32 Å². The number of hydrogen-bond acceptors (Lipinski definition) is 3. The zero-order valence-corrected chi connectivity index (χ0v) is 10.4. The quantitative estimate of drug-likeness (QED) is 0.725. The number of hydrogen-bond donors (Lipinski definition) is 2. The molecule has 94 valence electrons. The first-order valence-electron chi connectivity index (χ1n) is 6.72. The van der Waals surface area contributed by atoms with Gasteiger partial charge in [0.1, 0.15) is 0 Å². The van der Waals surface area contributed by atoms with E-state index in [1.165, 1.54) is 32.1 Å². The molecule has 2 atom stereocenters. The molecule has 3 heteroatoms. The SMILES string of the molecule is CNC1(CO)CCCC1CCOC1CCC1. The number of likely N-dealkylation sites (N-methyl/N-ethyl adjacent to an activating group) is 1. The lowest BCUT2D eigenvalue weighted by molar-refractivity contribution is -0.00983. The van der Waals surface area contributed by atoms with Crippen molar-refractivity contribution in [2.45, 2.75) is 56.6 Å². The van der Waals surface area contributed by atoms with Gasteiger partial charge in [0.25, 0.3) is 0 Å². The molecule has 0 radical (unpaired) electrons. The van der Waals surface area contributed by atoms with Crippen molar-refractivity contribution in [1.29, 1.82) is 0 Å². The third-order valence-electron chi connectivity index (χ3n) is 4.61.